The van der Waals surface area contributed by atoms with Crippen molar-refractivity contribution < 1.29 is 4.79 Å². The van der Waals surface area contributed by atoms with E-state index in [1.54, 1.807) is 0 Å². The first kappa shape index (κ1) is 19.0. The Bertz CT molecular complexity index is 483. The van der Waals surface area contributed by atoms with Crippen LogP contribution in [0.2, 0.25) is 0 Å². The quantitative estimate of drug-likeness (QED) is 0.488. The van der Waals surface area contributed by atoms with Gasteiger partial charge in [-0.05, 0) is 36.8 Å². The molecule has 134 valence electrons. The Kier molecular flexibility index (Phi) is 8.94. The second kappa shape index (κ2) is 11.3. The molecule has 1 atom stereocenters. The summed E-state index contributed by atoms with van der Waals surface area (Å²) in [7, 11) is 0. The highest BCUT2D eigenvalue weighted by molar-refractivity contribution is 5.76. The van der Waals surface area contributed by atoms with Crippen molar-refractivity contribution in [3.05, 3.63) is 35.4 Å². The van der Waals surface area contributed by atoms with Gasteiger partial charge in [0, 0.05) is 6.42 Å². The van der Waals surface area contributed by atoms with Gasteiger partial charge in [0.2, 0.25) is 5.91 Å². The molecule has 1 aromatic carbocycles. The number of rotatable bonds is 11. The third kappa shape index (κ3) is 6.67. The van der Waals surface area contributed by atoms with Crippen LogP contribution in [0.1, 0.15) is 101 Å². The maximum atomic E-state index is 12.2. The number of carbonyl (C=O) groups is 1. The standard InChI is InChI=1S/C22H35NO/c1-2-3-4-5-6-7-8-9-10-18-22(24)23-21-17-13-15-19-14-11-12-16-20(19)21/h11-12,14,16,21H,2-10,13,15,17-18H2,1H3,(H,23,24). The molecular formula is C22H35NO. The minimum atomic E-state index is 0.236. The first-order valence-electron chi connectivity index (χ1n) is 10.2. The zero-order chi connectivity index (χ0) is 17.0. The lowest BCUT2D eigenvalue weighted by Gasteiger charge is -2.26. The van der Waals surface area contributed by atoms with Gasteiger partial charge in [-0.15, -0.1) is 0 Å². The van der Waals surface area contributed by atoms with Crippen molar-refractivity contribution in [2.75, 3.05) is 0 Å². The number of nitrogens with one attached hydrogen (secondary N) is 1. The fourth-order valence-electron chi connectivity index (χ4n) is 3.77. The monoisotopic (exact) mass is 329 g/mol. The lowest BCUT2D eigenvalue weighted by Crippen LogP contribution is -2.30. The predicted octanol–water partition coefficient (Wildman–Crippen LogP) is 6.10. The summed E-state index contributed by atoms with van der Waals surface area (Å²) in [5, 5.41) is 3.26. The Balaban J connectivity index is 1.56. The fraction of sp³-hybridized carbons (Fsp3) is 0.682. The van der Waals surface area contributed by atoms with Crippen LogP contribution < -0.4 is 5.32 Å². The zero-order valence-electron chi connectivity index (χ0n) is 15.5. The lowest BCUT2D eigenvalue weighted by atomic mass is 9.87. The molecule has 1 aliphatic rings. The van der Waals surface area contributed by atoms with Gasteiger partial charge in [-0.3, -0.25) is 4.79 Å². The molecule has 24 heavy (non-hydrogen) atoms. The Morgan fingerprint density at radius 3 is 2.42 bits per heavy atom. The second-order valence-electron chi connectivity index (χ2n) is 7.29. The van der Waals surface area contributed by atoms with Gasteiger partial charge in [-0.25, -0.2) is 0 Å². The largest absolute Gasteiger partial charge is 0.349 e. The summed E-state index contributed by atoms with van der Waals surface area (Å²) in [4.78, 5) is 12.2. The molecule has 1 unspecified atom stereocenters. The summed E-state index contributed by atoms with van der Waals surface area (Å²) >= 11 is 0. The molecule has 2 heteroatoms. The van der Waals surface area contributed by atoms with Gasteiger partial charge >= 0.3 is 0 Å². The van der Waals surface area contributed by atoms with Crippen molar-refractivity contribution in [3.8, 4) is 0 Å². The topological polar surface area (TPSA) is 29.1 Å². The van der Waals surface area contributed by atoms with E-state index < -0.39 is 0 Å². The maximum absolute atomic E-state index is 12.2. The Hall–Kier alpha value is -1.31. The number of hydrogen-bond acceptors (Lipinski definition) is 1. The molecule has 0 spiro atoms. The summed E-state index contributed by atoms with van der Waals surface area (Å²) in [6.07, 6.45) is 15.8. The number of unbranched alkanes of at least 4 members (excludes halogenated alkanes) is 8. The average Bonchev–Trinajstić information content (AvgIpc) is 2.61. The van der Waals surface area contributed by atoms with Crippen LogP contribution in [0.4, 0.5) is 0 Å². The summed E-state index contributed by atoms with van der Waals surface area (Å²) in [5.74, 6) is 0.236. The number of fused-ring (bicyclic) bond motifs is 1. The Labute approximate surface area is 148 Å². The maximum Gasteiger partial charge on any atom is 0.220 e. The molecule has 0 aliphatic heterocycles. The molecule has 0 saturated carbocycles. The van der Waals surface area contributed by atoms with E-state index in [0.717, 1.165) is 19.3 Å². The second-order valence-corrected chi connectivity index (χ2v) is 7.29. The van der Waals surface area contributed by atoms with Crippen LogP contribution in [0.5, 0.6) is 0 Å². The fourth-order valence-corrected chi connectivity index (χ4v) is 3.77. The highest BCUT2D eigenvalue weighted by Crippen LogP contribution is 2.29. The molecule has 0 fully saturated rings. The molecule has 2 nitrogen and oxygen atoms in total. The van der Waals surface area contributed by atoms with Gasteiger partial charge in [-0.1, -0.05) is 82.6 Å². The van der Waals surface area contributed by atoms with E-state index in [-0.39, 0.29) is 11.9 Å². The lowest BCUT2D eigenvalue weighted by molar-refractivity contribution is -0.122. The molecule has 0 saturated heterocycles. The van der Waals surface area contributed by atoms with Crippen LogP contribution in [0.25, 0.3) is 0 Å². The van der Waals surface area contributed by atoms with Gasteiger partial charge in [0.1, 0.15) is 0 Å². The summed E-state index contributed by atoms with van der Waals surface area (Å²) in [6.45, 7) is 2.26. The van der Waals surface area contributed by atoms with E-state index in [9.17, 15) is 4.79 Å². The Morgan fingerprint density at radius 1 is 1.00 bits per heavy atom. The van der Waals surface area contributed by atoms with Crippen LogP contribution in [0.15, 0.2) is 24.3 Å². The third-order valence-corrected chi connectivity index (χ3v) is 5.21. The zero-order valence-corrected chi connectivity index (χ0v) is 15.5. The van der Waals surface area contributed by atoms with Gasteiger partial charge in [0.15, 0.2) is 0 Å². The average molecular weight is 330 g/mol. The molecule has 1 aliphatic carbocycles. The van der Waals surface area contributed by atoms with Crippen LogP contribution >= 0.6 is 0 Å². The molecule has 1 aromatic rings. The van der Waals surface area contributed by atoms with Crippen molar-refractivity contribution in [2.45, 2.75) is 96.4 Å². The highest BCUT2D eigenvalue weighted by atomic mass is 16.1. The highest BCUT2D eigenvalue weighted by Gasteiger charge is 2.20. The minimum Gasteiger partial charge on any atom is -0.349 e. The normalized spacial score (nSPS) is 16.6. The van der Waals surface area contributed by atoms with Gasteiger partial charge < -0.3 is 5.32 Å². The number of amides is 1. The molecule has 2 rings (SSSR count). The van der Waals surface area contributed by atoms with Crippen LogP contribution in [0.3, 0.4) is 0 Å². The summed E-state index contributed by atoms with van der Waals surface area (Å²) < 4.78 is 0. The van der Waals surface area contributed by atoms with Crippen molar-refractivity contribution >= 4 is 5.91 Å². The molecule has 1 amide bonds. The molecule has 0 heterocycles. The van der Waals surface area contributed by atoms with E-state index in [1.807, 2.05) is 0 Å². The first-order chi connectivity index (χ1) is 11.8. The van der Waals surface area contributed by atoms with Crippen LogP contribution in [-0.2, 0) is 11.2 Å². The van der Waals surface area contributed by atoms with Crippen molar-refractivity contribution in [3.63, 3.8) is 0 Å². The third-order valence-electron chi connectivity index (χ3n) is 5.21. The predicted molar refractivity (Wildman–Crippen MR) is 102 cm³/mol. The van der Waals surface area contributed by atoms with Gasteiger partial charge in [0.25, 0.3) is 0 Å². The van der Waals surface area contributed by atoms with E-state index in [4.69, 9.17) is 0 Å². The van der Waals surface area contributed by atoms with E-state index in [1.165, 1.54) is 68.9 Å². The number of hydrogen-bond donors (Lipinski definition) is 1. The van der Waals surface area contributed by atoms with Crippen LogP contribution in [-0.4, -0.2) is 5.91 Å². The molecule has 1 N–H and O–H groups in total. The van der Waals surface area contributed by atoms with E-state index >= 15 is 0 Å². The molecule has 0 aromatic heterocycles. The molecule has 0 bridgehead atoms. The van der Waals surface area contributed by atoms with Crippen molar-refractivity contribution in [2.24, 2.45) is 0 Å². The SMILES string of the molecule is CCCCCCCCCCCC(=O)NC1CCCc2ccccc21. The Morgan fingerprint density at radius 2 is 1.67 bits per heavy atom. The number of carbonyl (C=O) groups excluding carboxylic acids is 1. The van der Waals surface area contributed by atoms with Crippen LogP contribution in [0, 0.1) is 0 Å². The smallest absolute Gasteiger partial charge is 0.220 e. The first-order valence-corrected chi connectivity index (χ1v) is 10.2. The van der Waals surface area contributed by atoms with Crippen molar-refractivity contribution in [1.29, 1.82) is 0 Å². The van der Waals surface area contributed by atoms with Gasteiger partial charge in [-0.2, -0.15) is 0 Å². The van der Waals surface area contributed by atoms with E-state index in [0.29, 0.717) is 6.42 Å². The number of benzene rings is 1. The molecular weight excluding hydrogens is 294 g/mol. The van der Waals surface area contributed by atoms with E-state index in [2.05, 4.69) is 36.5 Å². The number of aryl methyl sites for hydroxylation is 1. The van der Waals surface area contributed by atoms with Crippen molar-refractivity contribution in [1.82, 2.24) is 5.32 Å². The minimum absolute atomic E-state index is 0.236. The summed E-state index contributed by atoms with van der Waals surface area (Å²) in [6, 6.07) is 8.81. The van der Waals surface area contributed by atoms with Gasteiger partial charge in [0.05, 0.1) is 6.04 Å². The summed E-state index contributed by atoms with van der Waals surface area (Å²) in [5.41, 5.74) is 2.75. The molecule has 0 radical (unpaired) electrons.